The molecule has 0 radical (unpaired) electrons. The molecule has 3 rings (SSSR count). The first kappa shape index (κ1) is 19.5. The molecule has 1 unspecified atom stereocenters. The Morgan fingerprint density at radius 1 is 1.19 bits per heavy atom. The van der Waals surface area contributed by atoms with Gasteiger partial charge in [-0.1, -0.05) is 41.4 Å². The maximum absolute atomic E-state index is 12.9. The largest absolute Gasteiger partial charge is 0.483 e. The van der Waals surface area contributed by atoms with Crippen LogP contribution in [0.3, 0.4) is 0 Å². The van der Waals surface area contributed by atoms with Crippen molar-refractivity contribution >= 4 is 35.0 Å². The van der Waals surface area contributed by atoms with Crippen molar-refractivity contribution in [3.63, 3.8) is 0 Å². The molecule has 1 aliphatic rings. The maximum atomic E-state index is 12.9. The molecule has 1 atom stereocenters. The Labute approximate surface area is 168 Å². The van der Waals surface area contributed by atoms with Crippen molar-refractivity contribution < 1.29 is 14.3 Å². The highest BCUT2D eigenvalue weighted by Crippen LogP contribution is 2.39. The van der Waals surface area contributed by atoms with Crippen molar-refractivity contribution in [1.29, 1.82) is 0 Å². The summed E-state index contributed by atoms with van der Waals surface area (Å²) in [6.07, 6.45) is 0.130. The van der Waals surface area contributed by atoms with Gasteiger partial charge in [-0.2, -0.15) is 0 Å². The van der Waals surface area contributed by atoms with Crippen LogP contribution in [0.25, 0.3) is 0 Å². The van der Waals surface area contributed by atoms with Gasteiger partial charge in [0.1, 0.15) is 5.75 Å². The lowest BCUT2D eigenvalue weighted by atomic mass is 10.1. The van der Waals surface area contributed by atoms with Gasteiger partial charge in [-0.05, 0) is 36.2 Å². The quantitative estimate of drug-likeness (QED) is 0.821. The molecule has 1 heterocycles. The monoisotopic (exact) mass is 406 g/mol. The molecule has 2 aromatic rings. The predicted octanol–water partition coefficient (Wildman–Crippen LogP) is 3.76. The third-order valence-corrected chi connectivity index (χ3v) is 5.47. The van der Waals surface area contributed by atoms with Gasteiger partial charge >= 0.3 is 0 Å². The Hall–Kier alpha value is -2.24. The highest BCUT2D eigenvalue weighted by atomic mass is 35.5. The highest BCUT2D eigenvalue weighted by molar-refractivity contribution is 6.36. The van der Waals surface area contributed by atoms with Gasteiger partial charge in [-0.3, -0.25) is 9.59 Å². The van der Waals surface area contributed by atoms with Crippen LogP contribution in [0.1, 0.15) is 29.7 Å². The lowest BCUT2D eigenvalue weighted by molar-refractivity contribution is -0.132. The number of benzene rings is 2. The second kappa shape index (κ2) is 8.19. The fourth-order valence-corrected chi connectivity index (χ4v) is 3.76. The van der Waals surface area contributed by atoms with Crippen LogP contribution in [0, 0.1) is 0 Å². The average Bonchev–Trinajstić information content (AvgIpc) is 3.00. The summed E-state index contributed by atoms with van der Waals surface area (Å²) in [7, 11) is 1.56. The first-order chi connectivity index (χ1) is 12.9. The van der Waals surface area contributed by atoms with E-state index in [1.165, 1.54) is 0 Å². The molecule has 2 aromatic carbocycles. The molecular formula is C20H20Cl2N2O3. The SMILES string of the molecule is CNC(=O)COc1cccc2c1CN(C(=O)Cc1c(Cl)cccc1Cl)C2C. The number of carbonyl (C=O) groups excluding carboxylic acids is 2. The zero-order valence-corrected chi connectivity index (χ0v) is 16.6. The summed E-state index contributed by atoms with van der Waals surface area (Å²) in [5, 5.41) is 3.49. The fourth-order valence-electron chi connectivity index (χ4n) is 3.23. The van der Waals surface area contributed by atoms with Gasteiger partial charge in [-0.15, -0.1) is 0 Å². The Morgan fingerprint density at radius 2 is 1.85 bits per heavy atom. The summed E-state index contributed by atoms with van der Waals surface area (Å²) in [6, 6.07) is 10.8. The molecule has 2 amide bonds. The first-order valence-corrected chi connectivity index (χ1v) is 9.35. The number of nitrogens with zero attached hydrogens (tertiary/aromatic N) is 1. The minimum atomic E-state index is -0.208. The van der Waals surface area contributed by atoms with Crippen molar-refractivity contribution in [2.45, 2.75) is 25.9 Å². The molecule has 0 saturated heterocycles. The van der Waals surface area contributed by atoms with Crippen molar-refractivity contribution in [3.05, 3.63) is 63.1 Å². The summed E-state index contributed by atoms with van der Waals surface area (Å²) in [6.45, 7) is 2.33. The van der Waals surface area contributed by atoms with E-state index in [1.54, 1.807) is 30.1 Å². The number of hydrogen-bond acceptors (Lipinski definition) is 3. The third kappa shape index (κ3) is 4.04. The number of halogens is 2. The molecule has 0 saturated carbocycles. The maximum Gasteiger partial charge on any atom is 0.257 e. The summed E-state index contributed by atoms with van der Waals surface area (Å²) in [5.41, 5.74) is 2.57. The van der Waals surface area contributed by atoms with E-state index in [1.807, 2.05) is 25.1 Å². The molecule has 0 aromatic heterocycles. The van der Waals surface area contributed by atoms with E-state index < -0.39 is 0 Å². The number of fused-ring (bicyclic) bond motifs is 1. The predicted molar refractivity (Wildman–Crippen MR) is 105 cm³/mol. The van der Waals surface area contributed by atoms with Crippen LogP contribution in [0.5, 0.6) is 5.75 Å². The van der Waals surface area contributed by atoms with Gasteiger partial charge in [0.05, 0.1) is 19.0 Å². The van der Waals surface area contributed by atoms with Crippen LogP contribution in [-0.2, 0) is 22.6 Å². The summed E-state index contributed by atoms with van der Waals surface area (Å²) < 4.78 is 5.64. The standard InChI is InChI=1S/C20H20Cl2N2O3/c1-12-13-5-3-8-18(27-11-19(25)23-2)15(13)10-24(12)20(26)9-14-16(21)6-4-7-17(14)22/h3-8,12H,9-11H2,1-2H3,(H,23,25). The number of nitrogens with one attached hydrogen (secondary N) is 1. The van der Waals surface area contributed by atoms with E-state index in [0.29, 0.717) is 27.9 Å². The molecule has 5 nitrogen and oxygen atoms in total. The average molecular weight is 407 g/mol. The van der Waals surface area contributed by atoms with Gasteiger partial charge in [0.25, 0.3) is 5.91 Å². The smallest absolute Gasteiger partial charge is 0.257 e. The zero-order chi connectivity index (χ0) is 19.6. The Morgan fingerprint density at radius 3 is 2.52 bits per heavy atom. The van der Waals surface area contributed by atoms with Gasteiger partial charge in [0, 0.05) is 22.7 Å². The van der Waals surface area contributed by atoms with Gasteiger partial charge in [0.15, 0.2) is 6.61 Å². The molecule has 0 fully saturated rings. The Bertz CT molecular complexity index is 865. The van der Waals surface area contributed by atoms with Gasteiger partial charge in [-0.25, -0.2) is 0 Å². The molecule has 0 aliphatic carbocycles. The van der Waals surface area contributed by atoms with Crippen LogP contribution >= 0.6 is 23.2 Å². The van der Waals surface area contributed by atoms with Crippen LogP contribution in [0.15, 0.2) is 36.4 Å². The van der Waals surface area contributed by atoms with E-state index in [2.05, 4.69) is 5.32 Å². The Kier molecular flexibility index (Phi) is 5.92. The number of amides is 2. The zero-order valence-electron chi connectivity index (χ0n) is 15.1. The highest BCUT2D eigenvalue weighted by Gasteiger charge is 2.33. The van der Waals surface area contributed by atoms with Crippen LogP contribution in [-0.4, -0.2) is 30.4 Å². The van der Waals surface area contributed by atoms with Crippen molar-refractivity contribution in [2.24, 2.45) is 0 Å². The number of likely N-dealkylation sites (N-methyl/N-ethyl adjacent to an activating group) is 1. The first-order valence-electron chi connectivity index (χ1n) is 8.60. The number of carbonyl (C=O) groups is 2. The fraction of sp³-hybridized carbons (Fsp3) is 0.300. The molecule has 142 valence electrons. The second-order valence-electron chi connectivity index (χ2n) is 6.36. The number of hydrogen-bond donors (Lipinski definition) is 1. The summed E-state index contributed by atoms with van der Waals surface area (Å²) >= 11 is 12.4. The van der Waals surface area contributed by atoms with Crippen molar-refractivity contribution in [1.82, 2.24) is 10.2 Å². The lowest BCUT2D eigenvalue weighted by Crippen LogP contribution is -2.29. The second-order valence-corrected chi connectivity index (χ2v) is 7.17. The minimum absolute atomic E-state index is 0.0639. The normalized spacial score (nSPS) is 15.4. The van der Waals surface area contributed by atoms with E-state index >= 15 is 0 Å². The van der Waals surface area contributed by atoms with Gasteiger partial charge < -0.3 is 15.0 Å². The van der Waals surface area contributed by atoms with Crippen LogP contribution in [0.2, 0.25) is 10.0 Å². The van der Waals surface area contributed by atoms with Crippen molar-refractivity contribution in [3.8, 4) is 5.75 Å². The molecule has 1 aliphatic heterocycles. The van der Waals surface area contributed by atoms with E-state index in [9.17, 15) is 9.59 Å². The molecule has 27 heavy (non-hydrogen) atoms. The van der Waals surface area contributed by atoms with E-state index in [-0.39, 0.29) is 30.9 Å². The lowest BCUT2D eigenvalue weighted by Gasteiger charge is -2.22. The van der Waals surface area contributed by atoms with E-state index in [4.69, 9.17) is 27.9 Å². The molecule has 0 spiro atoms. The van der Waals surface area contributed by atoms with Crippen molar-refractivity contribution in [2.75, 3.05) is 13.7 Å². The summed E-state index contributed by atoms with van der Waals surface area (Å²) in [4.78, 5) is 26.2. The minimum Gasteiger partial charge on any atom is -0.483 e. The number of ether oxygens (including phenoxy) is 1. The third-order valence-electron chi connectivity index (χ3n) is 4.76. The number of rotatable bonds is 5. The van der Waals surface area contributed by atoms with Crippen LogP contribution < -0.4 is 10.1 Å². The molecule has 0 bridgehead atoms. The Balaban J connectivity index is 1.79. The topological polar surface area (TPSA) is 58.6 Å². The molecular weight excluding hydrogens is 387 g/mol. The molecule has 1 N–H and O–H groups in total. The summed E-state index contributed by atoms with van der Waals surface area (Å²) in [5.74, 6) is 0.347. The molecule has 7 heteroatoms. The van der Waals surface area contributed by atoms with Crippen LogP contribution in [0.4, 0.5) is 0 Å². The van der Waals surface area contributed by atoms with E-state index in [0.717, 1.165) is 11.1 Å². The van der Waals surface area contributed by atoms with Gasteiger partial charge in [0.2, 0.25) is 5.91 Å².